The summed E-state index contributed by atoms with van der Waals surface area (Å²) in [4.78, 5) is 59.6. The van der Waals surface area contributed by atoms with Gasteiger partial charge in [-0.1, -0.05) is 43.9 Å². The van der Waals surface area contributed by atoms with Crippen LogP contribution in [-0.4, -0.2) is 69.2 Å². The quantitative estimate of drug-likeness (QED) is 0.347. The lowest BCUT2D eigenvalue weighted by molar-refractivity contribution is -0.143. The van der Waals surface area contributed by atoms with Gasteiger partial charge in [-0.05, 0) is 24.1 Å². The minimum atomic E-state index is -0.920. The Balaban J connectivity index is 1.87. The lowest BCUT2D eigenvalue weighted by atomic mass is 10.1. The van der Waals surface area contributed by atoms with Crippen molar-refractivity contribution in [3.63, 3.8) is 0 Å². The lowest BCUT2D eigenvalue weighted by Crippen LogP contribution is -2.57. The van der Waals surface area contributed by atoms with Crippen LogP contribution in [0.2, 0.25) is 0 Å². The number of rotatable bonds is 6. The molecule has 2 aliphatic rings. The number of esters is 1. The molecule has 2 aromatic rings. The number of carbonyl (C=O) groups excluding carboxylic acids is 3. The molecule has 2 fully saturated rings. The summed E-state index contributed by atoms with van der Waals surface area (Å²) in [5, 5.41) is 2.75. The second kappa shape index (κ2) is 10.2. The third-order valence-electron chi connectivity index (χ3n) is 5.64. The molecular formula is C23H25N5O5S2. The van der Waals surface area contributed by atoms with Crippen molar-refractivity contribution in [1.82, 2.24) is 19.6 Å². The molecule has 2 aromatic heterocycles. The number of pyridine rings is 1. The van der Waals surface area contributed by atoms with Crippen LogP contribution in [0.1, 0.15) is 25.8 Å². The van der Waals surface area contributed by atoms with Crippen molar-refractivity contribution in [3.05, 3.63) is 45.2 Å². The molecule has 0 aromatic carbocycles. The van der Waals surface area contributed by atoms with E-state index in [-0.39, 0.29) is 35.5 Å². The molecule has 10 nitrogen and oxygen atoms in total. The Labute approximate surface area is 211 Å². The molecular weight excluding hydrogens is 490 g/mol. The van der Waals surface area contributed by atoms with E-state index in [0.29, 0.717) is 34.5 Å². The number of carbonyl (C=O) groups is 3. The second-order valence-corrected chi connectivity index (χ2v) is 10.2. The van der Waals surface area contributed by atoms with Gasteiger partial charge in [0.05, 0.1) is 24.0 Å². The normalized spacial score (nSPS) is 19.7. The molecule has 4 heterocycles. The minimum absolute atomic E-state index is 0.142. The van der Waals surface area contributed by atoms with Crippen LogP contribution in [0.5, 0.6) is 0 Å². The van der Waals surface area contributed by atoms with Gasteiger partial charge in [0.15, 0.2) is 0 Å². The van der Waals surface area contributed by atoms with Gasteiger partial charge in [0.25, 0.3) is 11.5 Å². The van der Waals surface area contributed by atoms with Crippen LogP contribution in [-0.2, 0) is 19.1 Å². The molecule has 2 aliphatic heterocycles. The molecule has 4 rings (SSSR count). The number of piperazine rings is 1. The largest absolute Gasteiger partial charge is 0.469 e. The Kier molecular flexibility index (Phi) is 7.22. The SMILES string of the molecule is COC(=O)CC1C(=O)NCCN1c1nc2ccccn2c(=O)c1C=C1SC(=S)N(CC(C)C)C1=O. The van der Waals surface area contributed by atoms with E-state index in [0.717, 1.165) is 11.8 Å². The standard InChI is InChI=1S/C23H25N5O5S2/c1-13(2)12-28-22(32)16(35-23(28)34)10-14-19(25-17-6-4-5-8-27(17)21(14)31)26-9-7-24-20(30)15(26)11-18(29)33-3/h4-6,8,10,13,15H,7,9,11-12H2,1-3H3,(H,24,30). The molecule has 0 aliphatic carbocycles. The van der Waals surface area contributed by atoms with Crippen molar-refractivity contribution in [2.75, 3.05) is 31.6 Å². The van der Waals surface area contributed by atoms with Crippen LogP contribution in [0, 0.1) is 5.92 Å². The maximum absolute atomic E-state index is 13.6. The molecule has 184 valence electrons. The van der Waals surface area contributed by atoms with E-state index in [2.05, 4.69) is 10.3 Å². The fourth-order valence-electron chi connectivity index (χ4n) is 4.00. The van der Waals surface area contributed by atoms with Crippen molar-refractivity contribution in [1.29, 1.82) is 0 Å². The number of methoxy groups -OCH3 is 1. The summed E-state index contributed by atoms with van der Waals surface area (Å²) in [7, 11) is 1.25. The van der Waals surface area contributed by atoms with Gasteiger partial charge in [0.1, 0.15) is 21.8 Å². The highest BCUT2D eigenvalue weighted by atomic mass is 32.2. The predicted octanol–water partition coefficient (Wildman–Crippen LogP) is 1.42. The highest BCUT2D eigenvalue weighted by Crippen LogP contribution is 2.34. The van der Waals surface area contributed by atoms with Gasteiger partial charge in [-0.2, -0.15) is 0 Å². The van der Waals surface area contributed by atoms with Gasteiger partial charge < -0.3 is 15.0 Å². The van der Waals surface area contributed by atoms with Crippen LogP contribution in [0.25, 0.3) is 11.7 Å². The number of anilines is 1. The summed E-state index contributed by atoms with van der Waals surface area (Å²) in [5.41, 5.74) is 0.116. The summed E-state index contributed by atoms with van der Waals surface area (Å²) in [5.74, 6) is -0.776. The first-order valence-electron chi connectivity index (χ1n) is 11.1. The molecule has 0 saturated carbocycles. The molecule has 1 unspecified atom stereocenters. The number of fused-ring (bicyclic) bond motifs is 1. The van der Waals surface area contributed by atoms with Crippen LogP contribution in [0.3, 0.4) is 0 Å². The Morgan fingerprint density at radius 1 is 1.34 bits per heavy atom. The number of nitrogens with zero attached hydrogens (tertiary/aromatic N) is 4. The zero-order valence-electron chi connectivity index (χ0n) is 19.5. The smallest absolute Gasteiger partial charge is 0.308 e. The number of ether oxygens (including phenoxy) is 1. The summed E-state index contributed by atoms with van der Waals surface area (Å²) < 4.78 is 6.58. The third kappa shape index (κ3) is 4.94. The van der Waals surface area contributed by atoms with E-state index in [1.807, 2.05) is 13.8 Å². The average Bonchev–Trinajstić information content (AvgIpc) is 3.09. The average molecular weight is 516 g/mol. The maximum atomic E-state index is 13.6. The summed E-state index contributed by atoms with van der Waals surface area (Å²) in [6.45, 7) is 5.07. The van der Waals surface area contributed by atoms with Gasteiger partial charge >= 0.3 is 5.97 Å². The highest BCUT2D eigenvalue weighted by molar-refractivity contribution is 8.26. The first kappa shape index (κ1) is 24.9. The fraction of sp³-hybridized carbons (Fsp3) is 0.391. The molecule has 0 bridgehead atoms. The second-order valence-electron chi connectivity index (χ2n) is 8.55. The first-order valence-corrected chi connectivity index (χ1v) is 12.3. The van der Waals surface area contributed by atoms with Gasteiger partial charge in [-0.15, -0.1) is 0 Å². The molecule has 0 radical (unpaired) electrons. The van der Waals surface area contributed by atoms with Crippen molar-refractivity contribution < 1.29 is 19.1 Å². The maximum Gasteiger partial charge on any atom is 0.308 e. The molecule has 0 spiro atoms. The van der Waals surface area contributed by atoms with E-state index in [1.165, 1.54) is 22.5 Å². The van der Waals surface area contributed by atoms with Gasteiger partial charge in [-0.25, -0.2) is 4.98 Å². The molecule has 2 amide bonds. The van der Waals surface area contributed by atoms with Gasteiger partial charge in [0, 0.05) is 25.8 Å². The number of thioether (sulfide) groups is 1. The summed E-state index contributed by atoms with van der Waals surface area (Å²) in [6.07, 6.45) is 2.87. The number of nitrogens with one attached hydrogen (secondary N) is 1. The van der Waals surface area contributed by atoms with E-state index in [9.17, 15) is 19.2 Å². The zero-order chi connectivity index (χ0) is 25.3. The minimum Gasteiger partial charge on any atom is -0.469 e. The Morgan fingerprint density at radius 3 is 2.83 bits per heavy atom. The fourth-order valence-corrected chi connectivity index (χ4v) is 5.26. The number of hydrogen-bond donors (Lipinski definition) is 1. The van der Waals surface area contributed by atoms with Crippen LogP contribution in [0.4, 0.5) is 5.82 Å². The van der Waals surface area contributed by atoms with E-state index >= 15 is 0 Å². The molecule has 1 atom stereocenters. The van der Waals surface area contributed by atoms with Gasteiger partial charge in [0.2, 0.25) is 5.91 Å². The summed E-state index contributed by atoms with van der Waals surface area (Å²) >= 11 is 6.53. The predicted molar refractivity (Wildman–Crippen MR) is 137 cm³/mol. The highest BCUT2D eigenvalue weighted by Gasteiger charge is 2.36. The van der Waals surface area contributed by atoms with Crippen molar-refractivity contribution in [2.45, 2.75) is 26.3 Å². The topological polar surface area (TPSA) is 113 Å². The Morgan fingerprint density at radius 2 is 2.11 bits per heavy atom. The van der Waals surface area contributed by atoms with Gasteiger partial charge in [-0.3, -0.25) is 28.5 Å². The molecule has 35 heavy (non-hydrogen) atoms. The molecule has 1 N–H and O–H groups in total. The monoisotopic (exact) mass is 515 g/mol. The van der Waals surface area contributed by atoms with E-state index in [1.54, 1.807) is 29.3 Å². The van der Waals surface area contributed by atoms with Crippen molar-refractivity contribution >= 4 is 63.6 Å². The molecule has 12 heteroatoms. The Hall–Kier alpha value is -3.25. The van der Waals surface area contributed by atoms with E-state index in [4.69, 9.17) is 17.0 Å². The molecule has 2 saturated heterocycles. The van der Waals surface area contributed by atoms with Crippen LogP contribution < -0.4 is 15.8 Å². The summed E-state index contributed by atoms with van der Waals surface area (Å²) in [6, 6.07) is 4.21. The Bertz CT molecular complexity index is 1300. The van der Waals surface area contributed by atoms with Crippen molar-refractivity contribution in [3.8, 4) is 0 Å². The number of hydrogen-bond acceptors (Lipinski definition) is 9. The van der Waals surface area contributed by atoms with Crippen LogP contribution in [0.15, 0.2) is 34.1 Å². The number of thiocarbonyl (C=S) groups is 1. The lowest BCUT2D eigenvalue weighted by Gasteiger charge is -2.36. The zero-order valence-corrected chi connectivity index (χ0v) is 21.1. The number of amides is 2. The first-order chi connectivity index (χ1) is 16.7. The van der Waals surface area contributed by atoms with E-state index < -0.39 is 17.6 Å². The van der Waals surface area contributed by atoms with Crippen LogP contribution >= 0.6 is 24.0 Å². The number of aromatic nitrogens is 2. The third-order valence-corrected chi connectivity index (χ3v) is 7.01. The van der Waals surface area contributed by atoms with Crippen molar-refractivity contribution in [2.24, 2.45) is 5.92 Å².